The summed E-state index contributed by atoms with van der Waals surface area (Å²) in [7, 11) is 2.14. The standard InChI is InChI=1S/C10H15BrN2S/c1-13(7-10(12)4-5-10)6-8-2-3-9(11)14-8/h2-3H,4-7,12H2,1H3. The van der Waals surface area contributed by atoms with Crippen molar-refractivity contribution >= 4 is 27.3 Å². The van der Waals surface area contributed by atoms with Crippen molar-refractivity contribution in [3.05, 3.63) is 20.8 Å². The highest BCUT2D eigenvalue weighted by Gasteiger charge is 2.38. The van der Waals surface area contributed by atoms with Crippen LogP contribution in [-0.4, -0.2) is 24.0 Å². The number of hydrogen-bond acceptors (Lipinski definition) is 3. The molecule has 0 aliphatic heterocycles. The largest absolute Gasteiger partial charge is 0.324 e. The lowest BCUT2D eigenvalue weighted by molar-refractivity contribution is 0.298. The molecule has 2 N–H and O–H groups in total. The Balaban J connectivity index is 1.85. The molecule has 0 radical (unpaired) electrons. The lowest BCUT2D eigenvalue weighted by Gasteiger charge is -2.19. The lowest BCUT2D eigenvalue weighted by atomic mass is 10.2. The Bertz CT molecular complexity index is 320. The van der Waals surface area contributed by atoms with Gasteiger partial charge in [-0.25, -0.2) is 0 Å². The third-order valence-electron chi connectivity index (χ3n) is 2.53. The predicted octanol–water partition coefficient (Wildman–Crippen LogP) is 2.43. The Morgan fingerprint density at radius 3 is 2.79 bits per heavy atom. The van der Waals surface area contributed by atoms with Crippen LogP contribution in [0.1, 0.15) is 17.7 Å². The van der Waals surface area contributed by atoms with Crippen molar-refractivity contribution in [1.82, 2.24) is 4.90 Å². The molecule has 1 aliphatic carbocycles. The van der Waals surface area contributed by atoms with E-state index in [1.807, 2.05) is 0 Å². The summed E-state index contributed by atoms with van der Waals surface area (Å²) < 4.78 is 1.20. The maximum absolute atomic E-state index is 6.06. The molecule has 1 aliphatic rings. The minimum atomic E-state index is 0.128. The molecule has 78 valence electrons. The highest BCUT2D eigenvalue weighted by Crippen LogP contribution is 2.33. The molecule has 0 amide bonds. The van der Waals surface area contributed by atoms with Gasteiger partial charge >= 0.3 is 0 Å². The SMILES string of the molecule is CN(Cc1ccc(Br)s1)CC1(N)CC1. The van der Waals surface area contributed by atoms with Crippen LogP contribution in [0.2, 0.25) is 0 Å². The monoisotopic (exact) mass is 274 g/mol. The van der Waals surface area contributed by atoms with Crippen LogP contribution in [0.4, 0.5) is 0 Å². The molecule has 2 nitrogen and oxygen atoms in total. The molecule has 1 aromatic rings. The number of nitrogens with zero attached hydrogens (tertiary/aromatic N) is 1. The van der Waals surface area contributed by atoms with E-state index < -0.39 is 0 Å². The minimum Gasteiger partial charge on any atom is -0.324 e. The van der Waals surface area contributed by atoms with E-state index in [0.29, 0.717) is 0 Å². The second kappa shape index (κ2) is 3.93. The summed E-state index contributed by atoms with van der Waals surface area (Å²) in [5.74, 6) is 0. The molecule has 0 unspecified atom stereocenters. The highest BCUT2D eigenvalue weighted by atomic mass is 79.9. The number of likely N-dealkylation sites (N-methyl/N-ethyl adjacent to an activating group) is 1. The third-order valence-corrected chi connectivity index (χ3v) is 4.14. The summed E-state index contributed by atoms with van der Waals surface area (Å²) in [4.78, 5) is 3.70. The molecule has 1 aromatic heterocycles. The first kappa shape index (κ1) is 10.6. The van der Waals surface area contributed by atoms with E-state index in [0.717, 1.165) is 13.1 Å². The summed E-state index contributed by atoms with van der Waals surface area (Å²) in [6.45, 7) is 2.03. The van der Waals surface area contributed by atoms with Crippen LogP contribution in [0, 0.1) is 0 Å². The van der Waals surface area contributed by atoms with Gasteiger partial charge < -0.3 is 5.73 Å². The van der Waals surface area contributed by atoms with Crippen LogP contribution >= 0.6 is 27.3 Å². The Kier molecular flexibility index (Phi) is 2.98. The van der Waals surface area contributed by atoms with Crippen molar-refractivity contribution in [2.75, 3.05) is 13.6 Å². The van der Waals surface area contributed by atoms with Crippen molar-refractivity contribution in [1.29, 1.82) is 0 Å². The van der Waals surface area contributed by atoms with E-state index in [1.54, 1.807) is 11.3 Å². The van der Waals surface area contributed by atoms with Gasteiger partial charge in [-0.05, 0) is 48.0 Å². The molecule has 0 atom stereocenters. The van der Waals surface area contributed by atoms with Gasteiger partial charge in [0.1, 0.15) is 0 Å². The molecule has 4 heteroatoms. The van der Waals surface area contributed by atoms with Gasteiger partial charge in [0, 0.05) is 23.5 Å². The van der Waals surface area contributed by atoms with Crippen LogP contribution in [-0.2, 0) is 6.54 Å². The van der Waals surface area contributed by atoms with Gasteiger partial charge in [0.05, 0.1) is 3.79 Å². The normalized spacial score (nSPS) is 18.9. The van der Waals surface area contributed by atoms with E-state index >= 15 is 0 Å². The fourth-order valence-electron chi connectivity index (χ4n) is 1.61. The molecule has 14 heavy (non-hydrogen) atoms. The topological polar surface area (TPSA) is 29.3 Å². The summed E-state index contributed by atoms with van der Waals surface area (Å²) in [6, 6.07) is 4.27. The molecule has 2 rings (SSSR count). The van der Waals surface area contributed by atoms with Gasteiger partial charge in [0.25, 0.3) is 0 Å². The first-order chi connectivity index (χ1) is 6.57. The van der Waals surface area contributed by atoms with E-state index in [9.17, 15) is 0 Å². The molecule has 0 aromatic carbocycles. The van der Waals surface area contributed by atoms with Gasteiger partial charge in [-0.15, -0.1) is 11.3 Å². The molecular weight excluding hydrogens is 260 g/mol. The van der Waals surface area contributed by atoms with Crippen LogP contribution in [0.15, 0.2) is 15.9 Å². The lowest BCUT2D eigenvalue weighted by Crippen LogP contribution is -2.36. The van der Waals surface area contributed by atoms with Crippen molar-refractivity contribution in [2.45, 2.75) is 24.9 Å². The first-order valence-corrected chi connectivity index (χ1v) is 6.40. The smallest absolute Gasteiger partial charge is 0.0701 e. The fraction of sp³-hybridized carbons (Fsp3) is 0.600. The predicted molar refractivity (Wildman–Crippen MR) is 64.5 cm³/mol. The van der Waals surface area contributed by atoms with Gasteiger partial charge in [0.15, 0.2) is 0 Å². The second-order valence-corrected chi connectivity index (χ2v) is 6.79. The molecule has 1 saturated carbocycles. The van der Waals surface area contributed by atoms with E-state index in [2.05, 4.69) is 40.0 Å². The molecule has 0 spiro atoms. The van der Waals surface area contributed by atoms with Crippen molar-refractivity contribution in [3.8, 4) is 0 Å². The summed E-state index contributed by atoms with van der Waals surface area (Å²) in [5.41, 5.74) is 6.19. The number of rotatable bonds is 4. The maximum atomic E-state index is 6.06. The Labute approximate surface area is 97.2 Å². The molecule has 0 saturated heterocycles. The zero-order chi connectivity index (χ0) is 10.2. The molecule has 1 heterocycles. The highest BCUT2D eigenvalue weighted by molar-refractivity contribution is 9.11. The van der Waals surface area contributed by atoms with Crippen LogP contribution in [0.25, 0.3) is 0 Å². The number of hydrogen-bond donors (Lipinski definition) is 1. The average molecular weight is 275 g/mol. The number of thiophene rings is 1. The quantitative estimate of drug-likeness (QED) is 0.914. The molecule has 1 fully saturated rings. The Morgan fingerprint density at radius 2 is 2.29 bits per heavy atom. The molecular formula is C10H15BrN2S. The number of halogens is 1. The second-order valence-electron chi connectivity index (χ2n) is 4.24. The zero-order valence-corrected chi connectivity index (χ0v) is 10.7. The summed E-state index contributed by atoms with van der Waals surface area (Å²) >= 11 is 5.27. The Hall–Kier alpha value is 0.1000. The summed E-state index contributed by atoms with van der Waals surface area (Å²) in [5, 5.41) is 0. The van der Waals surface area contributed by atoms with Gasteiger partial charge in [0.2, 0.25) is 0 Å². The maximum Gasteiger partial charge on any atom is 0.0701 e. The van der Waals surface area contributed by atoms with Crippen LogP contribution in [0.5, 0.6) is 0 Å². The minimum absolute atomic E-state index is 0.128. The van der Waals surface area contributed by atoms with E-state index in [4.69, 9.17) is 5.73 Å². The van der Waals surface area contributed by atoms with E-state index in [1.165, 1.54) is 21.5 Å². The van der Waals surface area contributed by atoms with E-state index in [-0.39, 0.29) is 5.54 Å². The van der Waals surface area contributed by atoms with Gasteiger partial charge in [-0.1, -0.05) is 0 Å². The zero-order valence-electron chi connectivity index (χ0n) is 8.29. The first-order valence-electron chi connectivity index (χ1n) is 4.79. The average Bonchev–Trinajstić information content (AvgIpc) is 2.64. The Morgan fingerprint density at radius 1 is 1.57 bits per heavy atom. The van der Waals surface area contributed by atoms with Crippen molar-refractivity contribution in [3.63, 3.8) is 0 Å². The van der Waals surface area contributed by atoms with Crippen LogP contribution < -0.4 is 5.73 Å². The summed E-state index contributed by atoms with van der Waals surface area (Å²) in [6.07, 6.45) is 2.37. The van der Waals surface area contributed by atoms with Crippen molar-refractivity contribution < 1.29 is 0 Å². The molecule has 0 bridgehead atoms. The van der Waals surface area contributed by atoms with Gasteiger partial charge in [-0.3, -0.25) is 4.90 Å². The fourth-order valence-corrected chi connectivity index (χ4v) is 3.18. The van der Waals surface area contributed by atoms with Gasteiger partial charge in [-0.2, -0.15) is 0 Å². The van der Waals surface area contributed by atoms with Crippen LogP contribution in [0.3, 0.4) is 0 Å². The number of nitrogens with two attached hydrogens (primary N) is 1. The van der Waals surface area contributed by atoms with Crippen molar-refractivity contribution in [2.24, 2.45) is 5.73 Å². The third kappa shape index (κ3) is 2.79.